The fraction of sp³-hybridized carbons (Fsp3) is 0.750. The summed E-state index contributed by atoms with van der Waals surface area (Å²) < 4.78 is 43.4. The van der Waals surface area contributed by atoms with Gasteiger partial charge in [0.1, 0.15) is 6.26 Å². The van der Waals surface area contributed by atoms with Gasteiger partial charge in [-0.3, -0.25) is 20.6 Å². The van der Waals surface area contributed by atoms with Gasteiger partial charge in [0.25, 0.3) is 0 Å². The van der Waals surface area contributed by atoms with Crippen LogP contribution in [0.4, 0.5) is 0 Å². The molecule has 0 saturated heterocycles. The van der Waals surface area contributed by atoms with E-state index < -0.39 is 10.4 Å². The van der Waals surface area contributed by atoms with Crippen LogP contribution in [0, 0.1) is 34.0 Å². The maximum Gasteiger partial charge on any atom is 0.445 e. The Morgan fingerprint density at radius 2 is 1.81 bits per heavy atom. The third-order valence-corrected chi connectivity index (χ3v) is 10.3. The Balaban J connectivity index is 0.000000568. The number of furan rings is 1. The van der Waals surface area contributed by atoms with Crippen LogP contribution in [-0.4, -0.2) is 37.6 Å². The molecule has 0 bridgehead atoms. The molecule has 0 aliphatic heterocycles. The van der Waals surface area contributed by atoms with E-state index in [2.05, 4.69) is 27.7 Å². The lowest BCUT2D eigenvalue weighted by atomic mass is 9.39. The summed E-state index contributed by atoms with van der Waals surface area (Å²) in [5.74, 6) is 1.91. The largest absolute Gasteiger partial charge is 0.472 e. The number of aryl methyl sites for hydroxylation is 1. The van der Waals surface area contributed by atoms with E-state index in [0.717, 1.165) is 43.6 Å². The number of hydrogen-bond donors (Lipinski definition) is 3. The lowest BCUT2D eigenvalue weighted by molar-refractivity contribution is -0.466. The first kappa shape index (κ1) is 29.6. The Morgan fingerprint density at radius 3 is 2.38 bits per heavy atom. The summed E-state index contributed by atoms with van der Waals surface area (Å²) >= 11 is 0. The highest BCUT2D eigenvalue weighted by atomic mass is 32.3. The standard InChI is InChI=1S/C25H38O5S.C3H9N3/c1-23(2)12-5-13-25(4)21(23)10-14-24(3)20(8-6-18-11-15-29-16-18)19(7-9-22(24)25)17-30-31(26,27)28;1-6(2)3(4)5/h11,15-17,20-22H,5-10,12-14H2,1-4H3,(H,26,27,28);1-2H3,(H3,4,5)/p+1/t20?,21?,22?,24?,25-;/m0./s1. The van der Waals surface area contributed by atoms with Crippen molar-refractivity contribution >= 4 is 16.4 Å². The third-order valence-electron chi connectivity index (χ3n) is 9.94. The Morgan fingerprint density at radius 1 is 1.14 bits per heavy atom. The summed E-state index contributed by atoms with van der Waals surface area (Å²) in [5.41, 5.74) is 13.1. The van der Waals surface area contributed by atoms with E-state index in [-0.39, 0.29) is 11.3 Å². The second kappa shape index (κ2) is 11.0. The lowest BCUT2D eigenvalue weighted by Gasteiger charge is -2.66. The molecule has 1 heterocycles. The highest BCUT2D eigenvalue weighted by Crippen LogP contribution is 2.69. The van der Waals surface area contributed by atoms with Gasteiger partial charge in [-0.15, -0.1) is 0 Å². The number of nitrogens with zero attached hydrogens (tertiary/aromatic N) is 1. The molecule has 9 heteroatoms. The van der Waals surface area contributed by atoms with Gasteiger partial charge >= 0.3 is 16.4 Å². The van der Waals surface area contributed by atoms with Gasteiger partial charge in [-0.05, 0) is 103 Å². The van der Waals surface area contributed by atoms with Crippen molar-refractivity contribution in [2.75, 3.05) is 14.1 Å². The molecule has 4 rings (SSSR count). The highest BCUT2D eigenvalue weighted by Gasteiger charge is 2.61. The summed E-state index contributed by atoms with van der Waals surface area (Å²) in [6.07, 6.45) is 14.8. The summed E-state index contributed by atoms with van der Waals surface area (Å²) in [6.45, 7) is 9.89. The maximum atomic E-state index is 11.3. The van der Waals surface area contributed by atoms with E-state index in [4.69, 9.17) is 24.6 Å². The molecule has 0 amide bonds. The molecule has 1 aromatic heterocycles. The van der Waals surface area contributed by atoms with Crippen LogP contribution >= 0.6 is 0 Å². The van der Waals surface area contributed by atoms with Gasteiger partial charge in [0, 0.05) is 0 Å². The highest BCUT2D eigenvalue weighted by molar-refractivity contribution is 7.81. The van der Waals surface area contributed by atoms with Crippen molar-refractivity contribution in [2.45, 2.75) is 85.5 Å². The molecule has 210 valence electrons. The SMILES string of the molecule is CC1(C)CCC[C@@]2(C)C1CCC1(C)C(CCc3ccoc3)C(=COS(=O)(=O)O)CCC12.C[N+](C)=C(N)N. The van der Waals surface area contributed by atoms with E-state index >= 15 is 0 Å². The number of guanidine groups is 1. The van der Waals surface area contributed by atoms with Crippen LogP contribution in [0.3, 0.4) is 0 Å². The van der Waals surface area contributed by atoms with E-state index in [9.17, 15) is 8.42 Å². The fourth-order valence-electron chi connectivity index (χ4n) is 8.20. The summed E-state index contributed by atoms with van der Waals surface area (Å²) in [5, 5.41) is 0. The van der Waals surface area contributed by atoms with Crippen LogP contribution < -0.4 is 11.5 Å². The lowest BCUT2D eigenvalue weighted by Crippen LogP contribution is -2.58. The molecular formula is C28H48N3O5S+. The smallest absolute Gasteiger partial charge is 0.445 e. The van der Waals surface area contributed by atoms with Crippen LogP contribution in [-0.2, 0) is 21.0 Å². The molecule has 0 spiro atoms. The zero-order valence-corrected chi connectivity index (χ0v) is 24.3. The fourth-order valence-corrected chi connectivity index (χ4v) is 8.44. The van der Waals surface area contributed by atoms with Crippen molar-refractivity contribution < 1.29 is 26.1 Å². The van der Waals surface area contributed by atoms with E-state index in [0.29, 0.717) is 22.7 Å². The van der Waals surface area contributed by atoms with Gasteiger partial charge in [0.15, 0.2) is 0 Å². The Bertz CT molecular complexity index is 1080. The Labute approximate surface area is 223 Å². The topological polar surface area (TPSA) is 132 Å². The molecule has 0 aromatic carbocycles. The first-order chi connectivity index (χ1) is 17.1. The van der Waals surface area contributed by atoms with E-state index in [1.165, 1.54) is 37.5 Å². The van der Waals surface area contributed by atoms with E-state index in [1.807, 2.05) is 6.07 Å². The predicted molar refractivity (Wildman–Crippen MR) is 146 cm³/mol. The molecule has 4 unspecified atom stereocenters. The van der Waals surface area contributed by atoms with E-state index in [1.54, 1.807) is 31.2 Å². The minimum atomic E-state index is -4.49. The minimum Gasteiger partial charge on any atom is -0.472 e. The molecule has 0 radical (unpaired) electrons. The van der Waals surface area contributed by atoms with Crippen molar-refractivity contribution in [1.29, 1.82) is 0 Å². The summed E-state index contributed by atoms with van der Waals surface area (Å²) in [6, 6.07) is 2.00. The number of hydrogen-bond acceptors (Lipinski definition) is 4. The van der Waals surface area contributed by atoms with Crippen LogP contribution in [0.2, 0.25) is 0 Å². The molecule has 3 saturated carbocycles. The van der Waals surface area contributed by atoms with Gasteiger partial charge in [0.05, 0.1) is 26.6 Å². The van der Waals surface area contributed by atoms with Crippen molar-refractivity contribution in [3.63, 3.8) is 0 Å². The molecule has 8 nitrogen and oxygen atoms in total. The Kier molecular flexibility index (Phi) is 8.79. The number of rotatable bonds is 5. The van der Waals surface area contributed by atoms with Crippen LogP contribution in [0.5, 0.6) is 0 Å². The Hall–Kier alpha value is -2.00. The molecular weight excluding hydrogens is 490 g/mol. The molecule has 3 aliphatic rings. The molecule has 5 atom stereocenters. The predicted octanol–water partition coefficient (Wildman–Crippen LogP) is 5.11. The van der Waals surface area contributed by atoms with Gasteiger partial charge in [-0.1, -0.05) is 34.1 Å². The van der Waals surface area contributed by atoms with Gasteiger partial charge in [-0.25, -0.2) is 0 Å². The van der Waals surface area contributed by atoms with Crippen molar-refractivity contribution in [2.24, 2.45) is 45.5 Å². The average molecular weight is 539 g/mol. The molecule has 3 aliphatic carbocycles. The third kappa shape index (κ3) is 6.53. The van der Waals surface area contributed by atoms with Gasteiger partial charge in [-0.2, -0.15) is 8.42 Å². The molecule has 1 aromatic rings. The van der Waals surface area contributed by atoms with Crippen LogP contribution in [0.1, 0.15) is 84.6 Å². The first-order valence-electron chi connectivity index (χ1n) is 13.5. The quantitative estimate of drug-likeness (QED) is 0.156. The minimum absolute atomic E-state index is 0.0923. The monoisotopic (exact) mass is 538 g/mol. The van der Waals surface area contributed by atoms with Crippen LogP contribution in [0.15, 0.2) is 34.8 Å². The van der Waals surface area contributed by atoms with Gasteiger partial charge in [0.2, 0.25) is 0 Å². The number of fused-ring (bicyclic) bond motifs is 3. The number of nitrogens with two attached hydrogens (primary N) is 2. The maximum absolute atomic E-state index is 11.3. The van der Waals surface area contributed by atoms with Crippen molar-refractivity contribution in [3.8, 4) is 0 Å². The normalized spacial score (nSPS) is 33.9. The summed E-state index contributed by atoms with van der Waals surface area (Å²) in [4.78, 5) is 0. The number of allylic oxidation sites excluding steroid dienone is 1. The second-order valence-electron chi connectivity index (χ2n) is 12.8. The van der Waals surface area contributed by atoms with Crippen molar-refractivity contribution in [3.05, 3.63) is 36.0 Å². The van der Waals surface area contributed by atoms with Gasteiger partial charge < -0.3 is 8.60 Å². The zero-order valence-electron chi connectivity index (χ0n) is 23.5. The molecule has 3 fully saturated rings. The van der Waals surface area contributed by atoms with Crippen LogP contribution in [0.25, 0.3) is 0 Å². The zero-order chi connectivity index (χ0) is 27.6. The molecule has 5 N–H and O–H groups in total. The van der Waals surface area contributed by atoms with Crippen molar-refractivity contribution in [1.82, 2.24) is 0 Å². The molecule has 37 heavy (non-hydrogen) atoms. The summed E-state index contributed by atoms with van der Waals surface area (Å²) in [7, 11) is -0.918. The second-order valence-corrected chi connectivity index (χ2v) is 13.8. The first-order valence-corrected chi connectivity index (χ1v) is 14.9. The average Bonchev–Trinajstić information content (AvgIpc) is 3.29.